The van der Waals surface area contributed by atoms with E-state index in [1.807, 2.05) is 6.07 Å². The van der Waals surface area contributed by atoms with E-state index < -0.39 is 5.60 Å². The molecule has 90 valence electrons. The summed E-state index contributed by atoms with van der Waals surface area (Å²) in [6, 6.07) is 1.90. The first-order valence-corrected chi connectivity index (χ1v) is 5.71. The molecule has 0 amide bonds. The Balaban J connectivity index is 2.04. The maximum atomic E-state index is 10.4. The summed E-state index contributed by atoms with van der Waals surface area (Å²) in [6.07, 6.45) is 4.05. The maximum Gasteiger partial charge on any atom is 0.112 e. The number of methoxy groups -OCH3 is 1. The van der Waals surface area contributed by atoms with Crippen LogP contribution >= 0.6 is 0 Å². The van der Waals surface area contributed by atoms with Crippen molar-refractivity contribution >= 4 is 0 Å². The Kier molecular flexibility index (Phi) is 3.63. The van der Waals surface area contributed by atoms with Crippen molar-refractivity contribution in [1.82, 2.24) is 5.32 Å². The highest BCUT2D eigenvalue weighted by Crippen LogP contribution is 2.24. The first kappa shape index (κ1) is 11.6. The van der Waals surface area contributed by atoms with Crippen molar-refractivity contribution in [3.8, 4) is 0 Å². The molecule has 4 nitrogen and oxygen atoms in total. The van der Waals surface area contributed by atoms with Crippen LogP contribution in [0.25, 0.3) is 0 Å². The van der Waals surface area contributed by atoms with Gasteiger partial charge in [0.2, 0.25) is 0 Å². The summed E-state index contributed by atoms with van der Waals surface area (Å²) in [5, 5.41) is 13.6. The fraction of sp³-hybridized carbons (Fsp3) is 0.667. The summed E-state index contributed by atoms with van der Waals surface area (Å²) in [6.45, 7) is 2.17. The average molecular weight is 225 g/mol. The summed E-state index contributed by atoms with van der Waals surface area (Å²) < 4.78 is 10.5. The van der Waals surface area contributed by atoms with Crippen LogP contribution in [-0.2, 0) is 17.8 Å². The lowest BCUT2D eigenvalue weighted by Gasteiger charge is -2.32. The van der Waals surface area contributed by atoms with Gasteiger partial charge in [0, 0.05) is 25.6 Å². The standard InChI is InChI=1S/C12H19NO3/c1-15-8-10-3-6-16-11(10)7-12(14)4-2-5-13-9-12/h3,6,13-14H,2,4-5,7-9H2,1H3. The van der Waals surface area contributed by atoms with Crippen LogP contribution in [0.2, 0.25) is 0 Å². The molecule has 0 saturated carbocycles. The fourth-order valence-electron chi connectivity index (χ4n) is 2.21. The van der Waals surface area contributed by atoms with Crippen LogP contribution < -0.4 is 5.32 Å². The summed E-state index contributed by atoms with van der Waals surface area (Å²) in [4.78, 5) is 0. The number of piperidine rings is 1. The quantitative estimate of drug-likeness (QED) is 0.805. The van der Waals surface area contributed by atoms with Crippen LogP contribution in [0.15, 0.2) is 16.7 Å². The molecule has 0 aliphatic carbocycles. The van der Waals surface area contributed by atoms with Crippen molar-refractivity contribution < 1.29 is 14.3 Å². The fourth-order valence-corrected chi connectivity index (χ4v) is 2.21. The Morgan fingerprint density at radius 1 is 1.62 bits per heavy atom. The third-order valence-corrected chi connectivity index (χ3v) is 3.08. The van der Waals surface area contributed by atoms with E-state index in [2.05, 4.69) is 5.32 Å². The monoisotopic (exact) mass is 225 g/mol. The molecule has 0 aromatic carbocycles. The number of hydrogen-bond donors (Lipinski definition) is 2. The van der Waals surface area contributed by atoms with Crippen LogP contribution in [0.5, 0.6) is 0 Å². The molecule has 0 bridgehead atoms. The van der Waals surface area contributed by atoms with E-state index >= 15 is 0 Å². The van der Waals surface area contributed by atoms with Crippen LogP contribution in [0.3, 0.4) is 0 Å². The lowest BCUT2D eigenvalue weighted by molar-refractivity contribution is 0.0120. The SMILES string of the molecule is COCc1ccoc1CC1(O)CCCNC1. The topological polar surface area (TPSA) is 54.6 Å². The van der Waals surface area contributed by atoms with Crippen molar-refractivity contribution in [3.05, 3.63) is 23.7 Å². The smallest absolute Gasteiger partial charge is 0.112 e. The van der Waals surface area contributed by atoms with Crippen LogP contribution in [0.1, 0.15) is 24.2 Å². The van der Waals surface area contributed by atoms with Crippen LogP contribution in [0, 0.1) is 0 Å². The van der Waals surface area contributed by atoms with Gasteiger partial charge in [-0.15, -0.1) is 0 Å². The Hall–Kier alpha value is -0.840. The highest BCUT2D eigenvalue weighted by Gasteiger charge is 2.31. The lowest BCUT2D eigenvalue weighted by atomic mass is 9.89. The summed E-state index contributed by atoms with van der Waals surface area (Å²) in [7, 11) is 1.66. The first-order chi connectivity index (χ1) is 7.73. The second-order valence-corrected chi connectivity index (χ2v) is 4.48. The van der Waals surface area contributed by atoms with Gasteiger partial charge in [0.15, 0.2) is 0 Å². The Labute approximate surface area is 95.6 Å². The minimum Gasteiger partial charge on any atom is -0.469 e. The number of rotatable bonds is 4. The van der Waals surface area contributed by atoms with Crippen molar-refractivity contribution in [2.45, 2.75) is 31.5 Å². The van der Waals surface area contributed by atoms with Gasteiger partial charge in [-0.2, -0.15) is 0 Å². The van der Waals surface area contributed by atoms with E-state index in [-0.39, 0.29) is 0 Å². The minimum absolute atomic E-state index is 0.537. The maximum absolute atomic E-state index is 10.4. The van der Waals surface area contributed by atoms with Gasteiger partial charge < -0.3 is 19.6 Å². The Morgan fingerprint density at radius 2 is 2.50 bits per heavy atom. The normalized spacial score (nSPS) is 25.9. The van der Waals surface area contributed by atoms with E-state index in [1.54, 1.807) is 13.4 Å². The zero-order chi connectivity index (χ0) is 11.4. The van der Waals surface area contributed by atoms with Crippen molar-refractivity contribution in [3.63, 3.8) is 0 Å². The zero-order valence-electron chi connectivity index (χ0n) is 9.66. The summed E-state index contributed by atoms with van der Waals surface area (Å²) in [5.74, 6) is 0.841. The minimum atomic E-state index is -0.668. The number of β-amino-alcohol motifs (C(OH)–C–C–N with tert-alkyl or cyclic N) is 1. The van der Waals surface area contributed by atoms with Crippen LogP contribution in [0.4, 0.5) is 0 Å². The molecule has 0 radical (unpaired) electrons. The number of aliphatic hydroxyl groups is 1. The largest absolute Gasteiger partial charge is 0.469 e. The molecule has 2 rings (SSSR count). The molecular formula is C12H19NO3. The average Bonchev–Trinajstić information content (AvgIpc) is 2.67. The molecule has 1 atom stereocenters. The van der Waals surface area contributed by atoms with Gasteiger partial charge >= 0.3 is 0 Å². The van der Waals surface area contributed by atoms with Crippen LogP contribution in [-0.4, -0.2) is 30.9 Å². The number of ether oxygens (including phenoxy) is 1. The molecule has 0 spiro atoms. The van der Waals surface area contributed by atoms with Gasteiger partial charge in [-0.25, -0.2) is 0 Å². The predicted octanol–water partition coefficient (Wildman–Crippen LogP) is 1.08. The van der Waals surface area contributed by atoms with Crippen molar-refractivity contribution in [2.75, 3.05) is 20.2 Å². The molecule has 1 fully saturated rings. The predicted molar refractivity (Wildman–Crippen MR) is 60.2 cm³/mol. The van der Waals surface area contributed by atoms with E-state index in [4.69, 9.17) is 9.15 Å². The summed E-state index contributed by atoms with van der Waals surface area (Å²) in [5.41, 5.74) is 0.361. The number of nitrogens with one attached hydrogen (secondary N) is 1. The first-order valence-electron chi connectivity index (χ1n) is 5.71. The summed E-state index contributed by atoms with van der Waals surface area (Å²) >= 11 is 0. The molecule has 1 aromatic heterocycles. The third-order valence-electron chi connectivity index (χ3n) is 3.08. The van der Waals surface area contributed by atoms with Gasteiger partial charge in [0.1, 0.15) is 5.76 Å². The Bertz CT molecular complexity index is 329. The molecule has 1 aliphatic rings. The molecule has 1 aromatic rings. The molecule has 2 heterocycles. The van der Waals surface area contributed by atoms with E-state index in [9.17, 15) is 5.11 Å². The van der Waals surface area contributed by atoms with E-state index in [0.717, 1.165) is 30.7 Å². The van der Waals surface area contributed by atoms with Gasteiger partial charge in [0.05, 0.1) is 18.5 Å². The van der Waals surface area contributed by atoms with Gasteiger partial charge in [-0.05, 0) is 25.5 Å². The zero-order valence-corrected chi connectivity index (χ0v) is 9.66. The second kappa shape index (κ2) is 4.99. The van der Waals surface area contributed by atoms with E-state index in [0.29, 0.717) is 19.6 Å². The molecule has 2 N–H and O–H groups in total. The van der Waals surface area contributed by atoms with Gasteiger partial charge in [-0.3, -0.25) is 0 Å². The molecular weight excluding hydrogens is 206 g/mol. The van der Waals surface area contributed by atoms with Crippen molar-refractivity contribution in [1.29, 1.82) is 0 Å². The third kappa shape index (κ3) is 2.64. The molecule has 16 heavy (non-hydrogen) atoms. The highest BCUT2D eigenvalue weighted by molar-refractivity contribution is 5.18. The lowest BCUT2D eigenvalue weighted by Crippen LogP contribution is -2.47. The number of furan rings is 1. The second-order valence-electron chi connectivity index (χ2n) is 4.48. The molecule has 1 aliphatic heterocycles. The highest BCUT2D eigenvalue weighted by atomic mass is 16.5. The van der Waals surface area contributed by atoms with E-state index in [1.165, 1.54) is 0 Å². The van der Waals surface area contributed by atoms with Crippen molar-refractivity contribution in [2.24, 2.45) is 0 Å². The van der Waals surface area contributed by atoms with Gasteiger partial charge in [0.25, 0.3) is 0 Å². The number of hydrogen-bond acceptors (Lipinski definition) is 4. The Morgan fingerprint density at radius 3 is 3.19 bits per heavy atom. The molecule has 4 heteroatoms. The van der Waals surface area contributed by atoms with Gasteiger partial charge in [-0.1, -0.05) is 0 Å². The molecule has 1 saturated heterocycles. The molecule has 1 unspecified atom stereocenters.